The molecule has 2 atom stereocenters. The molecular formula is C16H29NO4. The summed E-state index contributed by atoms with van der Waals surface area (Å²) in [5.74, 6) is -0.136. The summed E-state index contributed by atoms with van der Waals surface area (Å²) in [6.07, 6.45) is 3.41. The van der Waals surface area contributed by atoms with E-state index in [0.29, 0.717) is 18.6 Å². The molecule has 0 aromatic rings. The Morgan fingerprint density at radius 2 is 2.05 bits per heavy atom. The lowest BCUT2D eigenvalue weighted by atomic mass is 9.89. The molecule has 2 heterocycles. The first-order chi connectivity index (χ1) is 9.92. The van der Waals surface area contributed by atoms with Crippen LogP contribution < -0.4 is 0 Å². The molecule has 0 saturated carbocycles. The van der Waals surface area contributed by atoms with Gasteiger partial charge in [0.15, 0.2) is 5.79 Å². The van der Waals surface area contributed by atoms with E-state index in [0.717, 1.165) is 19.5 Å². The minimum Gasteiger partial charge on any atom is -0.469 e. The monoisotopic (exact) mass is 299 g/mol. The van der Waals surface area contributed by atoms with Crippen molar-refractivity contribution < 1.29 is 19.0 Å². The first kappa shape index (κ1) is 16.7. The van der Waals surface area contributed by atoms with Crippen LogP contribution in [0.5, 0.6) is 0 Å². The molecule has 0 N–H and O–H groups in total. The summed E-state index contributed by atoms with van der Waals surface area (Å²) in [6, 6.07) is 0.630. The zero-order valence-corrected chi connectivity index (χ0v) is 13.8. The van der Waals surface area contributed by atoms with Gasteiger partial charge in [-0.3, -0.25) is 4.79 Å². The standard InChI is InChI=1S/C16H29NO4/c1-12(2)17-7-5-13(6-8-17)10-16(3)20-11-14(21-16)9-15(18)19-4/h12-14H,5-11H2,1-4H3. The van der Waals surface area contributed by atoms with Gasteiger partial charge in [0.25, 0.3) is 0 Å². The predicted molar refractivity (Wildman–Crippen MR) is 79.9 cm³/mol. The molecule has 0 bridgehead atoms. The molecule has 0 spiro atoms. The van der Waals surface area contributed by atoms with Crippen molar-refractivity contribution in [1.29, 1.82) is 0 Å². The average molecular weight is 299 g/mol. The minimum absolute atomic E-state index is 0.168. The summed E-state index contributed by atoms with van der Waals surface area (Å²) in [7, 11) is 1.40. The second-order valence-corrected chi connectivity index (χ2v) is 6.74. The van der Waals surface area contributed by atoms with Gasteiger partial charge in [-0.1, -0.05) is 0 Å². The Labute approximate surface area is 127 Å². The molecule has 2 saturated heterocycles. The number of methoxy groups -OCH3 is 1. The largest absolute Gasteiger partial charge is 0.469 e. The van der Waals surface area contributed by atoms with E-state index in [2.05, 4.69) is 23.5 Å². The highest BCUT2D eigenvalue weighted by Crippen LogP contribution is 2.35. The van der Waals surface area contributed by atoms with Crippen molar-refractivity contribution in [3.05, 3.63) is 0 Å². The maximum absolute atomic E-state index is 11.3. The van der Waals surface area contributed by atoms with Crippen LogP contribution in [0.3, 0.4) is 0 Å². The number of carbonyl (C=O) groups is 1. The van der Waals surface area contributed by atoms with Crippen LogP contribution >= 0.6 is 0 Å². The van der Waals surface area contributed by atoms with E-state index in [1.165, 1.54) is 20.0 Å². The van der Waals surface area contributed by atoms with Gasteiger partial charge in [-0.15, -0.1) is 0 Å². The van der Waals surface area contributed by atoms with E-state index >= 15 is 0 Å². The van der Waals surface area contributed by atoms with Gasteiger partial charge in [-0.2, -0.15) is 0 Å². The first-order valence-electron chi connectivity index (χ1n) is 8.04. The minimum atomic E-state index is -0.538. The number of nitrogens with zero attached hydrogens (tertiary/aromatic N) is 1. The summed E-state index contributed by atoms with van der Waals surface area (Å²) >= 11 is 0. The Balaban J connectivity index is 1.77. The molecule has 0 aliphatic carbocycles. The van der Waals surface area contributed by atoms with Crippen molar-refractivity contribution in [2.45, 2.75) is 64.4 Å². The average Bonchev–Trinajstić information content (AvgIpc) is 2.80. The van der Waals surface area contributed by atoms with Crippen molar-refractivity contribution in [3.8, 4) is 0 Å². The van der Waals surface area contributed by atoms with Crippen LogP contribution in [-0.4, -0.2) is 55.6 Å². The van der Waals surface area contributed by atoms with Gasteiger partial charge in [0.05, 0.1) is 26.2 Å². The molecule has 0 amide bonds. The molecule has 0 aromatic heterocycles. The molecule has 5 heteroatoms. The Hall–Kier alpha value is -0.650. The van der Waals surface area contributed by atoms with Gasteiger partial charge in [-0.25, -0.2) is 0 Å². The predicted octanol–water partition coefficient (Wildman–Crippen LogP) is 2.19. The van der Waals surface area contributed by atoms with E-state index < -0.39 is 5.79 Å². The van der Waals surface area contributed by atoms with Crippen LogP contribution in [0.1, 0.15) is 46.5 Å². The van der Waals surface area contributed by atoms with Crippen molar-refractivity contribution in [1.82, 2.24) is 4.90 Å². The third-order valence-electron chi connectivity index (χ3n) is 4.65. The van der Waals surface area contributed by atoms with Gasteiger partial charge in [-0.05, 0) is 52.6 Å². The van der Waals surface area contributed by atoms with E-state index in [1.807, 2.05) is 6.92 Å². The number of rotatable bonds is 5. The van der Waals surface area contributed by atoms with Gasteiger partial charge >= 0.3 is 5.97 Å². The number of likely N-dealkylation sites (tertiary alicyclic amines) is 1. The maximum Gasteiger partial charge on any atom is 0.308 e. The lowest BCUT2D eigenvalue weighted by molar-refractivity contribution is -0.172. The van der Waals surface area contributed by atoms with Crippen molar-refractivity contribution in [2.24, 2.45) is 5.92 Å². The second-order valence-electron chi connectivity index (χ2n) is 6.74. The Bertz CT molecular complexity index is 352. The van der Waals surface area contributed by atoms with E-state index in [1.54, 1.807) is 0 Å². The van der Waals surface area contributed by atoms with Gasteiger partial charge in [0.1, 0.15) is 0 Å². The highest BCUT2D eigenvalue weighted by atomic mass is 16.7. The lowest BCUT2D eigenvalue weighted by Gasteiger charge is -2.37. The first-order valence-corrected chi connectivity index (χ1v) is 8.04. The lowest BCUT2D eigenvalue weighted by Crippen LogP contribution is -2.40. The number of esters is 1. The molecule has 2 rings (SSSR count). The summed E-state index contributed by atoms with van der Waals surface area (Å²) in [5, 5.41) is 0. The zero-order chi connectivity index (χ0) is 15.5. The SMILES string of the molecule is COC(=O)CC1COC(C)(CC2CCN(C(C)C)CC2)O1. The fourth-order valence-corrected chi connectivity index (χ4v) is 3.36. The molecule has 2 aliphatic rings. The Kier molecular flexibility index (Phi) is 5.63. The number of hydrogen-bond acceptors (Lipinski definition) is 5. The van der Waals surface area contributed by atoms with Gasteiger partial charge in [0.2, 0.25) is 0 Å². The van der Waals surface area contributed by atoms with Crippen LogP contribution in [0.25, 0.3) is 0 Å². The smallest absolute Gasteiger partial charge is 0.308 e. The van der Waals surface area contributed by atoms with E-state index in [4.69, 9.17) is 9.47 Å². The normalized spacial score (nSPS) is 31.8. The molecule has 5 nitrogen and oxygen atoms in total. The summed E-state index contributed by atoms with van der Waals surface area (Å²) in [6.45, 7) is 9.30. The molecule has 0 radical (unpaired) electrons. The van der Waals surface area contributed by atoms with E-state index in [-0.39, 0.29) is 18.5 Å². The quantitative estimate of drug-likeness (QED) is 0.728. The maximum atomic E-state index is 11.3. The van der Waals surface area contributed by atoms with Crippen LogP contribution in [0.4, 0.5) is 0 Å². The number of ether oxygens (including phenoxy) is 3. The van der Waals surface area contributed by atoms with Crippen LogP contribution in [0.15, 0.2) is 0 Å². The molecule has 2 fully saturated rings. The summed E-state index contributed by atoms with van der Waals surface area (Å²) in [5.41, 5.74) is 0. The van der Waals surface area contributed by atoms with Crippen molar-refractivity contribution >= 4 is 5.97 Å². The third-order valence-corrected chi connectivity index (χ3v) is 4.65. The molecule has 0 aromatic carbocycles. The molecule has 2 unspecified atom stereocenters. The highest BCUT2D eigenvalue weighted by molar-refractivity contribution is 5.69. The fourth-order valence-electron chi connectivity index (χ4n) is 3.36. The molecular weight excluding hydrogens is 270 g/mol. The number of piperidine rings is 1. The van der Waals surface area contributed by atoms with Crippen LogP contribution in [0, 0.1) is 5.92 Å². The highest BCUT2D eigenvalue weighted by Gasteiger charge is 2.40. The Morgan fingerprint density at radius 1 is 1.38 bits per heavy atom. The number of hydrogen-bond donors (Lipinski definition) is 0. The van der Waals surface area contributed by atoms with E-state index in [9.17, 15) is 4.79 Å². The molecule has 21 heavy (non-hydrogen) atoms. The van der Waals surface area contributed by atoms with Crippen LogP contribution in [-0.2, 0) is 19.0 Å². The summed E-state index contributed by atoms with van der Waals surface area (Å²) < 4.78 is 16.5. The molecule has 2 aliphatic heterocycles. The van der Waals surface area contributed by atoms with Crippen molar-refractivity contribution in [2.75, 3.05) is 26.8 Å². The van der Waals surface area contributed by atoms with Crippen molar-refractivity contribution in [3.63, 3.8) is 0 Å². The zero-order valence-electron chi connectivity index (χ0n) is 13.8. The molecule has 122 valence electrons. The number of carbonyl (C=O) groups excluding carboxylic acids is 1. The second kappa shape index (κ2) is 7.07. The summed E-state index contributed by atoms with van der Waals surface area (Å²) in [4.78, 5) is 13.8. The topological polar surface area (TPSA) is 48.0 Å². The fraction of sp³-hybridized carbons (Fsp3) is 0.938. The Morgan fingerprint density at radius 3 is 2.62 bits per heavy atom. The van der Waals surface area contributed by atoms with Gasteiger partial charge in [0, 0.05) is 12.5 Å². The van der Waals surface area contributed by atoms with Gasteiger partial charge < -0.3 is 19.1 Å². The van der Waals surface area contributed by atoms with Crippen LogP contribution in [0.2, 0.25) is 0 Å². The third kappa shape index (κ3) is 4.66.